The summed E-state index contributed by atoms with van der Waals surface area (Å²) in [5, 5.41) is 3.52. The van der Waals surface area contributed by atoms with Crippen molar-refractivity contribution in [1.82, 2.24) is 10.2 Å². The molecule has 2 amide bonds. The average Bonchev–Trinajstić information content (AvgIpc) is 2.78. The first-order valence-electron chi connectivity index (χ1n) is 11.1. The summed E-state index contributed by atoms with van der Waals surface area (Å²) in [6.45, 7) is 5.35. The van der Waals surface area contributed by atoms with Crippen LogP contribution in [0.5, 0.6) is 0 Å². The molecule has 0 bridgehead atoms. The maximum absolute atomic E-state index is 13.6. The van der Waals surface area contributed by atoms with Gasteiger partial charge in [0.25, 0.3) is 0 Å². The van der Waals surface area contributed by atoms with Crippen molar-refractivity contribution < 1.29 is 18.0 Å². The highest BCUT2D eigenvalue weighted by Crippen LogP contribution is 2.28. The molecule has 35 heavy (non-hydrogen) atoms. The quantitative estimate of drug-likeness (QED) is 0.358. The van der Waals surface area contributed by atoms with Crippen molar-refractivity contribution in [3.63, 3.8) is 0 Å². The minimum Gasteiger partial charge on any atom is -0.354 e. The highest BCUT2D eigenvalue weighted by atomic mass is 79.9. The zero-order valence-electron chi connectivity index (χ0n) is 20.1. The summed E-state index contributed by atoms with van der Waals surface area (Å²) in [4.78, 5) is 27.7. The Morgan fingerprint density at radius 3 is 2.31 bits per heavy atom. The predicted octanol–water partition coefficient (Wildman–Crippen LogP) is 5.16. The van der Waals surface area contributed by atoms with Crippen LogP contribution in [0.2, 0.25) is 10.0 Å². The summed E-state index contributed by atoms with van der Waals surface area (Å²) < 4.78 is 27.1. The van der Waals surface area contributed by atoms with E-state index in [1.54, 1.807) is 43.3 Å². The topological polar surface area (TPSA) is 86.8 Å². The van der Waals surface area contributed by atoms with Crippen molar-refractivity contribution in [2.75, 3.05) is 23.7 Å². The maximum atomic E-state index is 13.6. The van der Waals surface area contributed by atoms with E-state index in [9.17, 15) is 18.0 Å². The fourth-order valence-electron chi connectivity index (χ4n) is 3.37. The molecule has 1 atom stereocenters. The average molecular weight is 607 g/mol. The Morgan fingerprint density at radius 1 is 1.14 bits per heavy atom. The molecule has 0 saturated carbocycles. The van der Waals surface area contributed by atoms with Gasteiger partial charge in [-0.25, -0.2) is 8.42 Å². The van der Waals surface area contributed by atoms with E-state index in [4.69, 9.17) is 23.2 Å². The van der Waals surface area contributed by atoms with Crippen LogP contribution < -0.4 is 9.62 Å². The Hall–Kier alpha value is -1.81. The fourth-order valence-corrected chi connectivity index (χ4v) is 4.98. The molecule has 0 unspecified atom stereocenters. The van der Waals surface area contributed by atoms with Crippen molar-refractivity contribution in [1.29, 1.82) is 0 Å². The molecular formula is C24H30BrCl2N3O4S. The summed E-state index contributed by atoms with van der Waals surface area (Å²) in [5.74, 6) is -0.912. The molecule has 2 rings (SSSR count). The second kappa shape index (κ2) is 12.9. The van der Waals surface area contributed by atoms with Crippen LogP contribution in [-0.2, 0) is 26.2 Å². The van der Waals surface area contributed by atoms with Gasteiger partial charge in [-0.05, 0) is 56.2 Å². The van der Waals surface area contributed by atoms with Crippen molar-refractivity contribution >= 4 is 66.7 Å². The Morgan fingerprint density at radius 2 is 1.77 bits per heavy atom. The van der Waals surface area contributed by atoms with Gasteiger partial charge in [0.15, 0.2) is 0 Å². The van der Waals surface area contributed by atoms with Crippen LogP contribution in [0.3, 0.4) is 0 Å². The SMILES string of the molecule is CCCCNC(=O)[C@H](C)N(Cc1c(Cl)cccc1Cl)C(=O)CN(c1ccc(Br)c(C)c1)S(C)(=O)=O. The Balaban J connectivity index is 2.43. The number of aryl methyl sites for hydroxylation is 1. The van der Waals surface area contributed by atoms with Crippen molar-refractivity contribution in [3.8, 4) is 0 Å². The molecule has 2 aromatic rings. The molecule has 11 heteroatoms. The van der Waals surface area contributed by atoms with Gasteiger partial charge in [0.2, 0.25) is 21.8 Å². The highest BCUT2D eigenvalue weighted by Gasteiger charge is 2.31. The molecule has 7 nitrogen and oxygen atoms in total. The number of hydrogen-bond acceptors (Lipinski definition) is 4. The summed E-state index contributed by atoms with van der Waals surface area (Å²) in [7, 11) is -3.81. The second-order valence-corrected chi connectivity index (χ2v) is 11.8. The summed E-state index contributed by atoms with van der Waals surface area (Å²) >= 11 is 16.1. The van der Waals surface area contributed by atoms with Gasteiger partial charge in [0.1, 0.15) is 12.6 Å². The van der Waals surface area contributed by atoms with Gasteiger partial charge in [-0.15, -0.1) is 0 Å². The lowest BCUT2D eigenvalue weighted by Crippen LogP contribution is -2.51. The van der Waals surface area contributed by atoms with E-state index < -0.39 is 28.5 Å². The molecule has 2 aromatic carbocycles. The van der Waals surface area contributed by atoms with E-state index in [-0.39, 0.29) is 12.5 Å². The third-order valence-corrected chi connectivity index (χ3v) is 8.23. The molecule has 0 aliphatic rings. The highest BCUT2D eigenvalue weighted by molar-refractivity contribution is 9.10. The number of halogens is 3. The Kier molecular flexibility index (Phi) is 10.9. The number of unbranched alkanes of at least 4 members (excludes halogenated alkanes) is 1. The summed E-state index contributed by atoms with van der Waals surface area (Å²) in [6.07, 6.45) is 2.74. The van der Waals surface area contributed by atoms with Gasteiger partial charge in [-0.2, -0.15) is 0 Å². The standard InChI is InChI=1S/C24H30BrCl2N3O4S/c1-5-6-12-28-24(32)17(3)29(14-19-21(26)8-7-9-22(19)27)23(31)15-30(35(4,33)34)18-10-11-20(25)16(2)13-18/h7-11,13,17H,5-6,12,14-15H2,1-4H3,(H,28,32)/t17-/m0/s1. The lowest BCUT2D eigenvalue weighted by Gasteiger charge is -2.32. The zero-order chi connectivity index (χ0) is 26.3. The molecule has 0 heterocycles. The molecule has 0 radical (unpaired) electrons. The number of nitrogens with zero attached hydrogens (tertiary/aromatic N) is 2. The Labute approximate surface area is 225 Å². The monoisotopic (exact) mass is 605 g/mol. The predicted molar refractivity (Wildman–Crippen MR) is 145 cm³/mol. The van der Waals surface area contributed by atoms with Crippen LogP contribution >= 0.6 is 39.1 Å². The first-order valence-corrected chi connectivity index (χ1v) is 14.5. The third kappa shape index (κ3) is 8.10. The van der Waals surface area contributed by atoms with E-state index in [0.29, 0.717) is 27.8 Å². The van der Waals surface area contributed by atoms with Crippen molar-refractivity contribution in [2.45, 2.75) is 46.2 Å². The number of hydrogen-bond donors (Lipinski definition) is 1. The van der Waals surface area contributed by atoms with Crippen LogP contribution in [0, 0.1) is 6.92 Å². The van der Waals surface area contributed by atoms with Gasteiger partial charge in [0.05, 0.1) is 11.9 Å². The van der Waals surface area contributed by atoms with E-state index in [2.05, 4.69) is 21.2 Å². The smallest absolute Gasteiger partial charge is 0.244 e. The second-order valence-electron chi connectivity index (χ2n) is 8.25. The number of benzene rings is 2. The van der Waals surface area contributed by atoms with Crippen LogP contribution in [-0.4, -0.2) is 50.5 Å². The third-order valence-electron chi connectivity index (χ3n) is 5.50. The first kappa shape index (κ1) is 29.4. The van der Waals surface area contributed by atoms with Gasteiger partial charge < -0.3 is 10.2 Å². The van der Waals surface area contributed by atoms with E-state index in [1.165, 1.54) is 4.90 Å². The molecular weight excluding hydrogens is 577 g/mol. The zero-order valence-corrected chi connectivity index (χ0v) is 24.1. The minimum atomic E-state index is -3.81. The van der Waals surface area contributed by atoms with Crippen LogP contribution in [0.4, 0.5) is 5.69 Å². The van der Waals surface area contributed by atoms with Gasteiger partial charge in [-0.3, -0.25) is 13.9 Å². The summed E-state index contributed by atoms with van der Waals surface area (Å²) in [5.41, 5.74) is 1.63. The molecule has 0 saturated heterocycles. The number of amides is 2. The van der Waals surface area contributed by atoms with E-state index in [1.807, 2.05) is 13.8 Å². The fraction of sp³-hybridized carbons (Fsp3) is 0.417. The van der Waals surface area contributed by atoms with E-state index in [0.717, 1.165) is 33.4 Å². The number of anilines is 1. The number of sulfonamides is 1. The Bertz CT molecular complexity index is 1160. The largest absolute Gasteiger partial charge is 0.354 e. The molecule has 0 fully saturated rings. The van der Waals surface area contributed by atoms with Gasteiger partial charge in [0, 0.05) is 33.2 Å². The number of nitrogens with one attached hydrogen (secondary N) is 1. The van der Waals surface area contributed by atoms with E-state index >= 15 is 0 Å². The summed E-state index contributed by atoms with van der Waals surface area (Å²) in [6, 6.07) is 9.09. The molecule has 0 aromatic heterocycles. The van der Waals surface area contributed by atoms with Gasteiger partial charge in [-0.1, -0.05) is 58.5 Å². The van der Waals surface area contributed by atoms with Crippen molar-refractivity contribution in [3.05, 3.63) is 62.0 Å². The molecule has 0 aliphatic carbocycles. The van der Waals surface area contributed by atoms with Crippen LogP contribution in [0.25, 0.3) is 0 Å². The van der Waals surface area contributed by atoms with Crippen LogP contribution in [0.15, 0.2) is 40.9 Å². The normalized spacial score (nSPS) is 12.2. The lowest BCUT2D eigenvalue weighted by molar-refractivity contribution is -0.139. The van der Waals surface area contributed by atoms with Crippen molar-refractivity contribution in [2.24, 2.45) is 0 Å². The minimum absolute atomic E-state index is 0.0589. The lowest BCUT2D eigenvalue weighted by atomic mass is 10.1. The molecule has 0 aliphatic heterocycles. The number of carbonyl (C=O) groups excluding carboxylic acids is 2. The van der Waals surface area contributed by atoms with Crippen LogP contribution in [0.1, 0.15) is 37.8 Å². The van der Waals surface area contributed by atoms with Gasteiger partial charge >= 0.3 is 0 Å². The molecule has 0 spiro atoms. The maximum Gasteiger partial charge on any atom is 0.244 e. The molecule has 192 valence electrons. The first-order chi connectivity index (χ1) is 16.4. The number of rotatable bonds is 11. The number of carbonyl (C=O) groups is 2. The molecule has 1 N–H and O–H groups in total.